The van der Waals surface area contributed by atoms with Crippen molar-refractivity contribution in [3.05, 3.63) is 82.1 Å². The molecule has 0 bridgehead atoms. The fourth-order valence-electron chi connectivity index (χ4n) is 6.11. The van der Waals surface area contributed by atoms with Crippen LogP contribution < -0.4 is 11.3 Å². The summed E-state index contributed by atoms with van der Waals surface area (Å²) in [7, 11) is -4.01. The summed E-state index contributed by atoms with van der Waals surface area (Å²) in [5.74, 6) is -2.47. The van der Waals surface area contributed by atoms with Crippen molar-refractivity contribution in [2.24, 2.45) is 5.73 Å². The van der Waals surface area contributed by atoms with E-state index in [1.54, 1.807) is 19.9 Å². The number of rotatable bonds is 13. The quantitative estimate of drug-likeness (QED) is 0.131. The fraction of sp³-hybridized carbons (Fsp3) is 0.375. The van der Waals surface area contributed by atoms with Crippen molar-refractivity contribution < 1.29 is 43.2 Å². The number of carbonyl (C=O) groups excluding carboxylic acids is 2. The van der Waals surface area contributed by atoms with Crippen LogP contribution in [0.15, 0.2) is 70.4 Å². The largest absolute Gasteiger partial charge is 0.508 e. The van der Waals surface area contributed by atoms with Crippen LogP contribution in [0.5, 0.6) is 5.75 Å². The zero-order valence-electron chi connectivity index (χ0n) is 26.6. The normalized spacial score (nSPS) is 20.5. The molecule has 7 N–H and O–H groups in total. The Hall–Kier alpha value is -4.26. The molecule has 0 saturated carbocycles. The lowest BCUT2D eigenvalue weighted by Crippen LogP contribution is -2.71. The van der Waals surface area contributed by atoms with Crippen molar-refractivity contribution in [3.8, 4) is 17.0 Å². The minimum absolute atomic E-state index is 0.0392. The van der Waals surface area contributed by atoms with Gasteiger partial charge in [0, 0.05) is 29.1 Å². The smallest absolute Gasteiger partial charge is 0.327 e. The van der Waals surface area contributed by atoms with Crippen molar-refractivity contribution in [1.29, 1.82) is 0 Å². The molecule has 3 aromatic rings. The molecule has 2 aliphatic rings. The molecule has 262 valence electrons. The van der Waals surface area contributed by atoms with E-state index in [9.17, 15) is 48.0 Å². The van der Waals surface area contributed by atoms with E-state index in [1.807, 2.05) is 0 Å². The van der Waals surface area contributed by atoms with Crippen LogP contribution in [-0.4, -0.2) is 114 Å². The number of phenolic OH excluding ortho intramolecular Hbond substituents is 1. The van der Waals surface area contributed by atoms with E-state index in [1.165, 1.54) is 76.2 Å². The number of carboxylic acids is 1. The SMILES string of the molecule is CC1(C)S[C@@H]2[C@H](N(Cc3ccc(-c4ccc(S(=O)(=O)N(CCO)CCO)cc4)[nH]c3=O)C(=O)C(N)c3ccc(O)cc3)C(=O)N2[C@H]1C(=O)O. The first-order valence-corrected chi connectivity index (χ1v) is 17.6. The number of sulfonamides is 1. The molecule has 15 nitrogen and oxygen atoms in total. The Balaban J connectivity index is 1.44. The summed E-state index contributed by atoms with van der Waals surface area (Å²) in [6.07, 6.45) is 0. The number of pyridine rings is 1. The highest BCUT2D eigenvalue weighted by Gasteiger charge is 2.66. The molecule has 2 amide bonds. The molecule has 2 fully saturated rings. The van der Waals surface area contributed by atoms with Gasteiger partial charge in [-0.05, 0) is 61.4 Å². The lowest BCUT2D eigenvalue weighted by Gasteiger charge is -2.48. The van der Waals surface area contributed by atoms with Crippen LogP contribution in [0.3, 0.4) is 0 Å². The zero-order valence-corrected chi connectivity index (χ0v) is 28.2. The van der Waals surface area contributed by atoms with Gasteiger partial charge in [-0.15, -0.1) is 11.8 Å². The first-order chi connectivity index (χ1) is 23.1. The maximum absolute atomic E-state index is 14.0. The molecule has 2 aromatic carbocycles. The van der Waals surface area contributed by atoms with E-state index in [-0.39, 0.29) is 35.8 Å². The van der Waals surface area contributed by atoms with Crippen LogP contribution in [0.4, 0.5) is 0 Å². The van der Waals surface area contributed by atoms with Gasteiger partial charge in [0.05, 0.1) is 24.7 Å². The molecule has 17 heteroatoms. The maximum Gasteiger partial charge on any atom is 0.327 e. The molecule has 1 aromatic heterocycles. The van der Waals surface area contributed by atoms with E-state index in [2.05, 4.69) is 4.98 Å². The van der Waals surface area contributed by atoms with Gasteiger partial charge in [0.15, 0.2) is 0 Å². The van der Waals surface area contributed by atoms with Crippen LogP contribution in [-0.2, 0) is 31.0 Å². The van der Waals surface area contributed by atoms with Crippen LogP contribution in [0.1, 0.15) is 31.0 Å². The molecular weight excluding hydrogens is 679 g/mol. The van der Waals surface area contributed by atoms with Crippen LogP contribution in [0, 0.1) is 0 Å². The van der Waals surface area contributed by atoms with Crippen molar-refractivity contribution in [2.75, 3.05) is 26.3 Å². The van der Waals surface area contributed by atoms with Crippen LogP contribution in [0.2, 0.25) is 0 Å². The Morgan fingerprint density at radius 1 is 1.00 bits per heavy atom. The van der Waals surface area contributed by atoms with Gasteiger partial charge in [-0.2, -0.15) is 4.31 Å². The highest BCUT2D eigenvalue weighted by molar-refractivity contribution is 8.01. The summed E-state index contributed by atoms with van der Waals surface area (Å²) < 4.78 is 26.0. The zero-order chi connectivity index (χ0) is 35.8. The standard InChI is InChI=1S/C32H37N5O10S2/c1-32(2)26(31(44)45)37-29(43)25(30(37)48-32)36(28(42)24(33)19-3-8-21(40)9-4-19)17-20-7-12-23(34-27(20)41)18-5-10-22(11-6-18)49(46,47)35(13-15-38)14-16-39/h3-12,24-26,30,38-40H,13-17,33H2,1-2H3,(H,34,41)(H,44,45)/t24?,25-,26+,30-/m1/s1. The van der Waals surface area contributed by atoms with E-state index in [4.69, 9.17) is 5.73 Å². The van der Waals surface area contributed by atoms with Crippen molar-refractivity contribution in [3.63, 3.8) is 0 Å². The topological polar surface area (TPSA) is 235 Å². The monoisotopic (exact) mass is 715 g/mol. The molecular formula is C32H37N5O10S2. The molecule has 2 saturated heterocycles. The molecule has 0 spiro atoms. The summed E-state index contributed by atoms with van der Waals surface area (Å²) in [5.41, 5.74) is 7.03. The molecule has 5 rings (SSSR count). The molecule has 1 unspecified atom stereocenters. The van der Waals surface area contributed by atoms with Gasteiger partial charge in [-0.1, -0.05) is 24.3 Å². The Morgan fingerprint density at radius 3 is 2.16 bits per heavy atom. The first-order valence-electron chi connectivity index (χ1n) is 15.2. The number of nitrogens with one attached hydrogen (secondary N) is 1. The van der Waals surface area contributed by atoms with Crippen molar-refractivity contribution in [1.82, 2.24) is 19.1 Å². The second-order valence-electron chi connectivity index (χ2n) is 12.2. The van der Waals surface area contributed by atoms with Crippen molar-refractivity contribution in [2.45, 2.75) is 53.5 Å². The number of amides is 2. The van der Waals surface area contributed by atoms with Gasteiger partial charge in [-0.25, -0.2) is 13.2 Å². The second-order valence-corrected chi connectivity index (χ2v) is 15.9. The Labute approximate surface area is 286 Å². The summed E-state index contributed by atoms with van der Waals surface area (Å²) in [5, 5.41) is 37.4. The molecule has 3 heterocycles. The summed E-state index contributed by atoms with van der Waals surface area (Å²) in [6.45, 7) is 1.84. The number of carbonyl (C=O) groups is 3. The number of thioether (sulfide) groups is 1. The minimum Gasteiger partial charge on any atom is -0.508 e. The highest BCUT2D eigenvalue weighted by Crippen LogP contribution is 2.52. The van der Waals surface area contributed by atoms with E-state index in [0.717, 1.165) is 4.31 Å². The van der Waals surface area contributed by atoms with Gasteiger partial charge in [-0.3, -0.25) is 14.4 Å². The van der Waals surface area contributed by atoms with E-state index < -0.39 is 74.8 Å². The predicted octanol–water partition coefficient (Wildman–Crippen LogP) is 0.267. The number of β-lactam (4-membered cyclic amide) rings is 1. The number of phenols is 1. The number of nitrogens with two attached hydrogens (primary N) is 1. The number of carboxylic acid groups (broad SMARTS) is 1. The average Bonchev–Trinajstić information content (AvgIpc) is 3.31. The third-order valence-electron chi connectivity index (χ3n) is 8.62. The highest BCUT2D eigenvalue weighted by atomic mass is 32.2. The number of aliphatic hydroxyl groups is 2. The predicted molar refractivity (Wildman–Crippen MR) is 179 cm³/mol. The molecule has 2 aliphatic heterocycles. The second kappa shape index (κ2) is 13.9. The number of hydrogen-bond acceptors (Lipinski definition) is 11. The van der Waals surface area contributed by atoms with Crippen LogP contribution in [0.25, 0.3) is 11.3 Å². The van der Waals surface area contributed by atoms with E-state index >= 15 is 0 Å². The molecule has 49 heavy (non-hydrogen) atoms. The number of aromatic nitrogens is 1. The number of nitrogens with zero attached hydrogens (tertiary/aromatic N) is 3. The number of aliphatic carboxylic acids is 1. The number of benzene rings is 2. The van der Waals surface area contributed by atoms with Crippen molar-refractivity contribution >= 4 is 39.6 Å². The van der Waals surface area contributed by atoms with Gasteiger partial charge >= 0.3 is 5.97 Å². The fourth-order valence-corrected chi connectivity index (χ4v) is 9.23. The first kappa shape index (κ1) is 36.0. The maximum atomic E-state index is 14.0. The number of aromatic hydroxyl groups is 1. The molecule has 0 radical (unpaired) electrons. The van der Waals surface area contributed by atoms with Gasteiger partial charge in [0.1, 0.15) is 29.2 Å². The van der Waals surface area contributed by atoms with E-state index in [0.29, 0.717) is 16.8 Å². The number of H-pyrrole nitrogens is 1. The average molecular weight is 716 g/mol. The van der Waals surface area contributed by atoms with Crippen LogP contribution >= 0.6 is 11.8 Å². The Kier molecular flexibility index (Phi) is 10.2. The molecule has 4 atom stereocenters. The summed E-state index contributed by atoms with van der Waals surface area (Å²) in [6, 6.07) is 10.9. The Bertz CT molecular complexity index is 1890. The minimum atomic E-state index is -4.01. The number of hydrogen-bond donors (Lipinski definition) is 6. The summed E-state index contributed by atoms with van der Waals surface area (Å²) >= 11 is 1.25. The molecule has 0 aliphatic carbocycles. The lowest BCUT2D eigenvalue weighted by molar-refractivity contribution is -0.169. The number of fused-ring (bicyclic) bond motifs is 1. The number of aromatic amines is 1. The Morgan fingerprint density at radius 2 is 1.61 bits per heavy atom. The summed E-state index contributed by atoms with van der Waals surface area (Å²) in [4.78, 5) is 58.1. The number of aliphatic hydroxyl groups excluding tert-OH is 2. The van der Waals surface area contributed by atoms with Gasteiger partial charge < -0.3 is 40.9 Å². The third-order valence-corrected chi connectivity index (χ3v) is 12.1. The van der Waals surface area contributed by atoms with Gasteiger partial charge in [0.2, 0.25) is 21.8 Å². The van der Waals surface area contributed by atoms with Gasteiger partial charge in [0.25, 0.3) is 5.56 Å². The lowest BCUT2D eigenvalue weighted by atomic mass is 9.94. The third kappa shape index (κ3) is 6.82.